The van der Waals surface area contributed by atoms with Gasteiger partial charge >= 0.3 is 11.9 Å². The van der Waals surface area contributed by atoms with Crippen molar-refractivity contribution in [3.63, 3.8) is 0 Å². The number of carboxylic acids is 2. The van der Waals surface area contributed by atoms with E-state index >= 15 is 0 Å². The van der Waals surface area contributed by atoms with Gasteiger partial charge in [-0.15, -0.1) is 48.5 Å². The van der Waals surface area contributed by atoms with E-state index in [1.165, 1.54) is 18.2 Å². The normalized spacial score (nSPS) is 11.7. The molecule has 1 aliphatic rings. The van der Waals surface area contributed by atoms with Crippen LogP contribution in [0.3, 0.4) is 0 Å². The smallest absolute Gasteiger partial charge is 0.354 e. The van der Waals surface area contributed by atoms with Crippen molar-refractivity contribution in [2.75, 3.05) is 6.54 Å². The molecular weight excluding hydrogens is 574 g/mol. The second-order valence-corrected chi connectivity index (χ2v) is 6.03. The summed E-state index contributed by atoms with van der Waals surface area (Å²) in [4.78, 5) is 28.4. The van der Waals surface area contributed by atoms with Crippen LogP contribution in [-0.4, -0.2) is 38.7 Å². The van der Waals surface area contributed by atoms with Crippen LogP contribution in [0.5, 0.6) is 0 Å². The summed E-state index contributed by atoms with van der Waals surface area (Å²) in [6.07, 6.45) is 7.87. The molecule has 31 heavy (non-hydrogen) atoms. The maximum atomic E-state index is 10.3. The standard InChI is InChI=1S/C16H12N2.C7H5NO4.Ir/c1-3-10-17-15(8-1)13-6-5-7-14(12-13)16-9-2-4-11-18-16;9-6(10)4-2-1-3-5(8-4)7(11)12;/h1-10H,11H2;1-3H,(H,9,10)(H,11,12);/q-2;;. The van der Waals surface area contributed by atoms with Gasteiger partial charge in [-0.1, -0.05) is 29.8 Å². The van der Waals surface area contributed by atoms with Gasteiger partial charge in [-0.2, -0.15) is 0 Å². The van der Waals surface area contributed by atoms with Crippen LogP contribution in [0.15, 0.2) is 79.0 Å². The van der Waals surface area contributed by atoms with E-state index in [1.54, 1.807) is 6.20 Å². The molecule has 0 unspecified atom stereocenters. The molecule has 0 saturated heterocycles. The molecule has 0 amide bonds. The van der Waals surface area contributed by atoms with Crippen molar-refractivity contribution in [1.29, 1.82) is 0 Å². The number of hydrogen-bond acceptors (Lipinski definition) is 4. The first kappa shape index (κ1) is 23.7. The maximum Gasteiger partial charge on any atom is 0.354 e. The molecule has 7 nitrogen and oxygen atoms in total. The van der Waals surface area contributed by atoms with Gasteiger partial charge in [0.1, 0.15) is 11.4 Å². The summed E-state index contributed by atoms with van der Waals surface area (Å²) in [5.41, 5.74) is 3.40. The monoisotopic (exact) mass is 592 g/mol. The van der Waals surface area contributed by atoms with Gasteiger partial charge < -0.3 is 15.5 Å². The number of allylic oxidation sites excluding steroid dienone is 2. The van der Waals surface area contributed by atoms with Crippen LogP contribution >= 0.6 is 0 Å². The Hall–Kier alpha value is -3.61. The van der Waals surface area contributed by atoms with Crippen LogP contribution in [0.2, 0.25) is 0 Å². The van der Waals surface area contributed by atoms with Crippen LogP contribution in [0.1, 0.15) is 26.5 Å². The number of carboxylic acid groups (broad SMARTS) is 2. The fourth-order valence-electron chi connectivity index (χ4n) is 2.56. The largest absolute Gasteiger partial charge is 0.716 e. The Morgan fingerprint density at radius 2 is 1.58 bits per heavy atom. The number of hydrogen-bond donors (Lipinski definition) is 2. The van der Waals surface area contributed by atoms with Gasteiger partial charge in [0.25, 0.3) is 0 Å². The van der Waals surface area contributed by atoms with E-state index in [0.717, 1.165) is 29.1 Å². The molecule has 1 aliphatic heterocycles. The number of aromatic nitrogens is 2. The summed E-state index contributed by atoms with van der Waals surface area (Å²) in [5.74, 6) is -2.48. The third kappa shape index (κ3) is 6.70. The Bertz CT molecular complexity index is 1090. The number of aromatic carboxylic acids is 2. The van der Waals surface area contributed by atoms with Crippen molar-refractivity contribution in [2.24, 2.45) is 0 Å². The first-order chi connectivity index (χ1) is 14.5. The number of carbonyl (C=O) groups is 2. The summed E-state index contributed by atoms with van der Waals surface area (Å²) in [7, 11) is 0. The van der Waals surface area contributed by atoms with Crippen molar-refractivity contribution in [3.05, 3.63) is 107 Å². The van der Waals surface area contributed by atoms with E-state index in [0.29, 0.717) is 0 Å². The SMILES string of the molecule is O=C(O)c1cccc(C(=O)O)n1.[Ir].[c-]1c(C2=CC=CC[N-]2)cccc1-c1ccccn1. The van der Waals surface area contributed by atoms with E-state index in [2.05, 4.69) is 21.4 Å². The van der Waals surface area contributed by atoms with Crippen LogP contribution in [-0.2, 0) is 20.1 Å². The van der Waals surface area contributed by atoms with Crippen molar-refractivity contribution < 1.29 is 39.9 Å². The van der Waals surface area contributed by atoms with Gasteiger partial charge in [-0.3, -0.25) is 4.98 Å². The molecule has 0 aliphatic carbocycles. The Labute approximate surface area is 192 Å². The van der Waals surface area contributed by atoms with Crippen LogP contribution in [0.4, 0.5) is 0 Å². The van der Waals surface area contributed by atoms with Gasteiger partial charge in [0.15, 0.2) is 0 Å². The van der Waals surface area contributed by atoms with Gasteiger partial charge in [-0.25, -0.2) is 20.3 Å². The Morgan fingerprint density at radius 3 is 2.16 bits per heavy atom. The molecule has 1 aromatic carbocycles. The zero-order valence-corrected chi connectivity index (χ0v) is 18.5. The molecule has 3 aromatic rings. The summed E-state index contributed by atoms with van der Waals surface area (Å²) in [6.45, 7) is 0.744. The van der Waals surface area contributed by atoms with E-state index < -0.39 is 11.9 Å². The van der Waals surface area contributed by atoms with Gasteiger partial charge in [0.2, 0.25) is 0 Å². The molecule has 2 aromatic heterocycles. The minimum Gasteiger partial charge on any atom is -0.716 e. The Morgan fingerprint density at radius 1 is 0.903 bits per heavy atom. The Kier molecular flexibility index (Phi) is 8.81. The maximum absolute atomic E-state index is 10.3. The third-order valence-electron chi connectivity index (χ3n) is 3.96. The number of rotatable bonds is 4. The fraction of sp³-hybridized carbons (Fsp3) is 0.0435. The molecule has 8 heteroatoms. The predicted octanol–water partition coefficient (Wildman–Crippen LogP) is 4.31. The summed E-state index contributed by atoms with van der Waals surface area (Å²) in [6, 6.07) is 19.1. The second kappa shape index (κ2) is 11.5. The molecule has 2 N–H and O–H groups in total. The molecule has 4 rings (SSSR count). The predicted molar refractivity (Wildman–Crippen MR) is 112 cm³/mol. The van der Waals surface area contributed by atoms with Crippen LogP contribution in [0.25, 0.3) is 22.3 Å². The minimum atomic E-state index is -1.24. The van der Waals surface area contributed by atoms with E-state index in [-0.39, 0.29) is 31.5 Å². The third-order valence-corrected chi connectivity index (χ3v) is 3.96. The van der Waals surface area contributed by atoms with Gasteiger partial charge in [-0.05, 0) is 18.2 Å². The molecule has 0 spiro atoms. The molecule has 0 bridgehead atoms. The van der Waals surface area contributed by atoms with Gasteiger partial charge in [0, 0.05) is 32.0 Å². The zero-order valence-electron chi connectivity index (χ0n) is 16.1. The van der Waals surface area contributed by atoms with Crippen molar-refractivity contribution in [3.8, 4) is 11.3 Å². The topological polar surface area (TPSA) is 114 Å². The fourth-order valence-corrected chi connectivity index (χ4v) is 2.56. The number of benzene rings is 1. The van der Waals surface area contributed by atoms with Gasteiger partial charge in [0.05, 0.1) is 0 Å². The van der Waals surface area contributed by atoms with Crippen LogP contribution < -0.4 is 0 Å². The molecule has 159 valence electrons. The van der Waals surface area contributed by atoms with E-state index in [1.807, 2.05) is 54.6 Å². The van der Waals surface area contributed by atoms with Crippen molar-refractivity contribution >= 4 is 17.6 Å². The quantitative estimate of drug-likeness (QED) is 0.437. The number of nitrogens with zero attached hydrogens (tertiary/aromatic N) is 3. The van der Waals surface area contributed by atoms with Crippen molar-refractivity contribution in [2.45, 2.75) is 0 Å². The molecule has 0 saturated carbocycles. The first-order valence-corrected chi connectivity index (χ1v) is 8.96. The minimum absolute atomic E-state index is 0. The molecular formula is C23H17IrN3O4-2. The van der Waals surface area contributed by atoms with Crippen molar-refractivity contribution in [1.82, 2.24) is 9.97 Å². The molecule has 0 fully saturated rings. The average Bonchev–Trinajstić information content (AvgIpc) is 2.81. The zero-order chi connectivity index (χ0) is 21.3. The van der Waals surface area contributed by atoms with E-state index in [4.69, 9.17) is 10.2 Å². The first-order valence-electron chi connectivity index (χ1n) is 8.96. The van der Waals surface area contributed by atoms with E-state index in [9.17, 15) is 9.59 Å². The summed E-state index contributed by atoms with van der Waals surface area (Å²) < 4.78 is 0. The number of pyridine rings is 2. The molecule has 0 atom stereocenters. The molecule has 3 heterocycles. The summed E-state index contributed by atoms with van der Waals surface area (Å²) in [5, 5.41) is 21.3. The van der Waals surface area contributed by atoms with Crippen LogP contribution in [0, 0.1) is 6.07 Å². The second-order valence-electron chi connectivity index (χ2n) is 6.03. The summed E-state index contributed by atoms with van der Waals surface area (Å²) >= 11 is 0. The Balaban J connectivity index is 0.000000231. The molecule has 1 radical (unpaired) electrons. The average molecular weight is 592 g/mol.